The number of halogens is 2. The molecule has 2 heterocycles. The van der Waals surface area contributed by atoms with E-state index < -0.39 is 17.8 Å². The Bertz CT molecular complexity index is 1190. The Morgan fingerprint density at radius 2 is 1.81 bits per heavy atom. The number of hydrogen-bond donors (Lipinski definition) is 1. The van der Waals surface area contributed by atoms with Crippen LogP contribution >= 0.6 is 23.2 Å². The Morgan fingerprint density at radius 3 is 2.53 bits per heavy atom. The summed E-state index contributed by atoms with van der Waals surface area (Å²) >= 11 is 12.3. The van der Waals surface area contributed by atoms with Crippen LogP contribution in [0.5, 0.6) is 0 Å². The van der Waals surface area contributed by atoms with Crippen LogP contribution in [0, 0.1) is 0 Å². The van der Waals surface area contributed by atoms with E-state index in [9.17, 15) is 14.4 Å². The molecule has 1 N–H and O–H groups in total. The normalized spacial score (nSPS) is 21.6. The van der Waals surface area contributed by atoms with Gasteiger partial charge in [0.05, 0.1) is 15.7 Å². The highest BCUT2D eigenvalue weighted by atomic mass is 35.5. The summed E-state index contributed by atoms with van der Waals surface area (Å²) in [7, 11) is 2.07. The Morgan fingerprint density at radius 1 is 1.09 bits per heavy atom. The van der Waals surface area contributed by atoms with E-state index in [1.54, 1.807) is 12.1 Å². The van der Waals surface area contributed by atoms with Crippen LogP contribution < -0.4 is 15.1 Å². The van der Waals surface area contributed by atoms with E-state index in [-0.39, 0.29) is 26.8 Å². The maximum Gasteiger partial charge on any atom is 0.336 e. The molecule has 0 aliphatic carbocycles. The summed E-state index contributed by atoms with van der Waals surface area (Å²) in [4.78, 5) is 41.2. The summed E-state index contributed by atoms with van der Waals surface area (Å²) in [6.07, 6.45) is 2.48. The third kappa shape index (κ3) is 3.67. The molecule has 2 aromatic carbocycles. The molecule has 8 heteroatoms. The van der Waals surface area contributed by atoms with Crippen molar-refractivity contribution in [3.8, 4) is 0 Å². The maximum absolute atomic E-state index is 13.2. The van der Waals surface area contributed by atoms with Crippen molar-refractivity contribution in [3.63, 3.8) is 0 Å². The van der Waals surface area contributed by atoms with Crippen molar-refractivity contribution in [1.29, 1.82) is 0 Å². The molecule has 166 valence electrons. The zero-order valence-corrected chi connectivity index (χ0v) is 19.7. The number of imide groups is 2. The van der Waals surface area contributed by atoms with Gasteiger partial charge in [-0.2, -0.15) is 0 Å². The first-order chi connectivity index (χ1) is 15.0. The summed E-state index contributed by atoms with van der Waals surface area (Å²) in [6.45, 7) is 6.59. The van der Waals surface area contributed by atoms with Gasteiger partial charge in [0.15, 0.2) is 0 Å². The number of rotatable bonds is 2. The Labute approximate surface area is 196 Å². The molecule has 0 bridgehead atoms. The Hall–Kier alpha value is -2.83. The zero-order valence-electron chi connectivity index (χ0n) is 18.2. The van der Waals surface area contributed by atoms with Crippen molar-refractivity contribution in [2.45, 2.75) is 38.6 Å². The fourth-order valence-corrected chi connectivity index (χ4v) is 4.77. The molecule has 0 spiro atoms. The van der Waals surface area contributed by atoms with Crippen molar-refractivity contribution in [2.75, 3.05) is 16.8 Å². The number of amides is 4. The summed E-state index contributed by atoms with van der Waals surface area (Å²) in [6, 6.07) is 9.61. The van der Waals surface area contributed by atoms with Gasteiger partial charge in [0.1, 0.15) is 5.57 Å². The first-order valence-corrected chi connectivity index (χ1v) is 11.0. The van der Waals surface area contributed by atoms with Crippen LogP contribution in [0.4, 0.5) is 16.2 Å². The Kier molecular flexibility index (Phi) is 5.55. The maximum atomic E-state index is 13.2. The second kappa shape index (κ2) is 7.94. The fraction of sp³-hybridized carbons (Fsp3) is 0.292. The van der Waals surface area contributed by atoms with Crippen molar-refractivity contribution in [3.05, 3.63) is 63.1 Å². The van der Waals surface area contributed by atoms with E-state index in [1.165, 1.54) is 12.1 Å². The second-order valence-electron chi connectivity index (χ2n) is 8.83. The SMILES string of the molecule is CC1CC(C)(C)N(C)c2ccc(/C=C3\C(=O)NC(=O)N(c4cccc(Cl)c4Cl)C3=O)cc21. The molecule has 1 atom stereocenters. The van der Waals surface area contributed by atoms with Crippen LogP contribution in [-0.2, 0) is 9.59 Å². The molecular weight excluding hydrogens is 449 g/mol. The lowest BCUT2D eigenvalue weighted by molar-refractivity contribution is -0.122. The number of anilines is 2. The summed E-state index contributed by atoms with van der Waals surface area (Å²) in [5.41, 5.74) is 2.96. The number of fused-ring (bicyclic) bond motifs is 1. The fourth-order valence-electron chi connectivity index (χ4n) is 4.39. The highest BCUT2D eigenvalue weighted by molar-refractivity contribution is 6.46. The van der Waals surface area contributed by atoms with E-state index in [4.69, 9.17) is 23.2 Å². The number of barbiturate groups is 1. The second-order valence-corrected chi connectivity index (χ2v) is 9.61. The van der Waals surface area contributed by atoms with Crippen LogP contribution in [0.25, 0.3) is 6.08 Å². The van der Waals surface area contributed by atoms with E-state index in [2.05, 4.69) is 38.0 Å². The van der Waals surface area contributed by atoms with Gasteiger partial charge in [-0.25, -0.2) is 9.69 Å². The number of nitrogens with zero attached hydrogens (tertiary/aromatic N) is 2. The minimum absolute atomic E-state index is 0.0305. The van der Waals surface area contributed by atoms with Gasteiger partial charge in [-0.05, 0) is 67.7 Å². The number of carbonyl (C=O) groups excluding carboxylic acids is 3. The number of carbonyl (C=O) groups is 3. The number of hydrogen-bond acceptors (Lipinski definition) is 4. The predicted octanol–water partition coefficient (Wildman–Crippen LogP) is 5.38. The van der Waals surface area contributed by atoms with Gasteiger partial charge in [-0.15, -0.1) is 0 Å². The zero-order chi connectivity index (χ0) is 23.4. The van der Waals surface area contributed by atoms with E-state index in [0.29, 0.717) is 11.5 Å². The number of urea groups is 1. The minimum Gasteiger partial charge on any atom is -0.369 e. The van der Waals surface area contributed by atoms with Crippen molar-refractivity contribution in [2.24, 2.45) is 0 Å². The molecule has 4 rings (SSSR count). The third-order valence-electron chi connectivity index (χ3n) is 6.24. The Balaban J connectivity index is 1.75. The quantitative estimate of drug-likeness (QED) is 0.471. The monoisotopic (exact) mass is 471 g/mol. The first-order valence-electron chi connectivity index (χ1n) is 10.2. The molecule has 6 nitrogen and oxygen atoms in total. The van der Waals surface area contributed by atoms with Gasteiger partial charge < -0.3 is 4.90 Å². The van der Waals surface area contributed by atoms with Crippen LogP contribution in [-0.4, -0.2) is 30.4 Å². The molecule has 2 aliphatic rings. The van der Waals surface area contributed by atoms with Crippen molar-refractivity contribution < 1.29 is 14.4 Å². The number of nitrogens with one attached hydrogen (secondary N) is 1. The average Bonchev–Trinajstić information content (AvgIpc) is 2.72. The van der Waals surface area contributed by atoms with E-state index >= 15 is 0 Å². The van der Waals surface area contributed by atoms with Gasteiger partial charge in [0, 0.05) is 18.3 Å². The molecular formula is C24H23Cl2N3O3. The van der Waals surface area contributed by atoms with Gasteiger partial charge in [-0.1, -0.05) is 42.3 Å². The summed E-state index contributed by atoms with van der Waals surface area (Å²) < 4.78 is 0. The molecule has 0 aromatic heterocycles. The number of benzene rings is 2. The minimum atomic E-state index is -0.871. The predicted molar refractivity (Wildman–Crippen MR) is 127 cm³/mol. The van der Waals surface area contributed by atoms with Gasteiger partial charge >= 0.3 is 6.03 Å². The molecule has 4 amide bonds. The molecule has 0 saturated carbocycles. The van der Waals surface area contributed by atoms with Crippen LogP contribution in [0.15, 0.2) is 42.0 Å². The van der Waals surface area contributed by atoms with Crippen LogP contribution in [0.2, 0.25) is 10.0 Å². The largest absolute Gasteiger partial charge is 0.369 e. The van der Waals surface area contributed by atoms with Crippen LogP contribution in [0.3, 0.4) is 0 Å². The summed E-state index contributed by atoms with van der Waals surface area (Å²) in [5, 5.41) is 2.47. The van der Waals surface area contributed by atoms with E-state index in [1.807, 2.05) is 18.2 Å². The van der Waals surface area contributed by atoms with Gasteiger partial charge in [-0.3, -0.25) is 14.9 Å². The van der Waals surface area contributed by atoms with Gasteiger partial charge in [0.2, 0.25) is 0 Å². The van der Waals surface area contributed by atoms with E-state index in [0.717, 1.165) is 22.6 Å². The van der Waals surface area contributed by atoms with Crippen LogP contribution in [0.1, 0.15) is 44.2 Å². The standard InChI is InChI=1S/C24H23Cl2N3O3/c1-13-12-24(2,3)28(4)18-9-8-14(10-15(13)18)11-16-21(30)27-23(32)29(22(16)31)19-7-5-6-17(25)20(19)26/h5-11,13H,12H2,1-4H3,(H,27,30,32)/b16-11+. The third-order valence-corrected chi connectivity index (χ3v) is 7.05. The molecule has 1 fully saturated rings. The topological polar surface area (TPSA) is 69.7 Å². The van der Waals surface area contributed by atoms with Crippen molar-refractivity contribution >= 4 is 58.5 Å². The summed E-state index contributed by atoms with van der Waals surface area (Å²) in [5.74, 6) is -1.20. The van der Waals surface area contributed by atoms with Crippen molar-refractivity contribution in [1.82, 2.24) is 5.32 Å². The molecule has 1 saturated heterocycles. The highest BCUT2D eigenvalue weighted by Gasteiger charge is 2.38. The lowest BCUT2D eigenvalue weighted by Gasteiger charge is -2.45. The molecule has 0 radical (unpaired) electrons. The van der Waals surface area contributed by atoms with Gasteiger partial charge in [0.25, 0.3) is 11.8 Å². The highest BCUT2D eigenvalue weighted by Crippen LogP contribution is 2.43. The molecule has 32 heavy (non-hydrogen) atoms. The lowest BCUT2D eigenvalue weighted by atomic mass is 9.80. The lowest BCUT2D eigenvalue weighted by Crippen LogP contribution is -2.54. The first kappa shape index (κ1) is 22.4. The molecule has 2 aliphatic heterocycles. The molecule has 1 unspecified atom stereocenters. The smallest absolute Gasteiger partial charge is 0.336 e. The molecule has 2 aromatic rings. The average molecular weight is 472 g/mol.